The summed E-state index contributed by atoms with van der Waals surface area (Å²) in [6, 6.07) is 9.76. The average molecular weight is 559 g/mol. The summed E-state index contributed by atoms with van der Waals surface area (Å²) in [5.41, 5.74) is 4.68. The van der Waals surface area contributed by atoms with E-state index < -0.39 is 35.2 Å². The van der Waals surface area contributed by atoms with Crippen molar-refractivity contribution in [2.24, 2.45) is 0 Å². The Hall–Kier alpha value is -4.70. The number of aromatic nitrogens is 2. The molecule has 0 spiro atoms. The van der Waals surface area contributed by atoms with Crippen LogP contribution in [0.1, 0.15) is 46.9 Å². The predicted molar refractivity (Wildman–Crippen MR) is 153 cm³/mol. The number of ether oxygens (including phenoxy) is 2. The van der Waals surface area contributed by atoms with Crippen molar-refractivity contribution in [2.45, 2.75) is 46.2 Å². The van der Waals surface area contributed by atoms with Gasteiger partial charge in [0.15, 0.2) is 11.6 Å². The van der Waals surface area contributed by atoms with Crippen LogP contribution in [0.3, 0.4) is 0 Å². The van der Waals surface area contributed by atoms with Gasteiger partial charge in [0.05, 0.1) is 5.56 Å². The average Bonchev–Trinajstić information content (AvgIpc) is 3.52. The second kappa shape index (κ2) is 12.2. The molecule has 9 nitrogen and oxygen atoms in total. The number of nitrogens with one attached hydrogen (secondary N) is 3. The zero-order chi connectivity index (χ0) is 28.9. The molecule has 5 rings (SSSR count). The molecule has 0 saturated carbocycles. The highest BCUT2D eigenvalue weighted by Gasteiger charge is 2.26. The van der Waals surface area contributed by atoms with Crippen molar-refractivity contribution in [1.82, 2.24) is 14.9 Å². The Kier molecular flexibility index (Phi) is 8.30. The molecular formula is C31H31FN4O5. The standard InChI is InChI=1S/C31H31FN4O5/c1-3-4-14-36-15-12-20(18-36)17-33-13-11-22-19(2)34-26-8-5-21(16-24(22)26)35-31(39)23-6-7-25(32)30-29(23)40-27(37)9-10-28(38)41-30/h5-10,12,15-16,18,33-34H,3-4,11,13-14,17H2,1-2H3,(H,35,39)/b10-9-. The van der Waals surface area contributed by atoms with Crippen LogP contribution in [-0.2, 0) is 29.1 Å². The quantitative estimate of drug-likeness (QED) is 0.140. The van der Waals surface area contributed by atoms with Gasteiger partial charge in [-0.25, -0.2) is 14.0 Å². The van der Waals surface area contributed by atoms with Crippen molar-refractivity contribution < 1.29 is 28.2 Å². The fourth-order valence-electron chi connectivity index (χ4n) is 4.82. The number of hydrogen-bond donors (Lipinski definition) is 3. The Bertz CT molecular complexity index is 1650. The Labute approximate surface area is 236 Å². The van der Waals surface area contributed by atoms with E-state index in [0.717, 1.165) is 72.9 Å². The lowest BCUT2D eigenvalue weighted by Crippen LogP contribution is -2.19. The van der Waals surface area contributed by atoms with Crippen LogP contribution >= 0.6 is 0 Å². The summed E-state index contributed by atoms with van der Waals surface area (Å²) in [7, 11) is 0. The highest BCUT2D eigenvalue weighted by molar-refractivity contribution is 6.09. The van der Waals surface area contributed by atoms with E-state index in [9.17, 15) is 18.8 Å². The number of amides is 1. The second-order valence-electron chi connectivity index (χ2n) is 9.91. The van der Waals surface area contributed by atoms with Gasteiger partial charge in [-0.15, -0.1) is 0 Å². The summed E-state index contributed by atoms with van der Waals surface area (Å²) in [5.74, 6) is -4.57. The normalized spacial score (nSPS) is 13.7. The Morgan fingerprint density at radius 2 is 1.83 bits per heavy atom. The molecule has 0 aliphatic carbocycles. The number of carbonyl (C=O) groups is 3. The number of esters is 2. The van der Waals surface area contributed by atoms with Gasteiger partial charge in [-0.05, 0) is 73.8 Å². The van der Waals surface area contributed by atoms with Gasteiger partial charge in [-0.1, -0.05) is 13.3 Å². The monoisotopic (exact) mass is 558 g/mol. The maximum Gasteiger partial charge on any atom is 0.336 e. The molecule has 0 saturated heterocycles. The molecule has 41 heavy (non-hydrogen) atoms. The van der Waals surface area contributed by atoms with Gasteiger partial charge in [0.1, 0.15) is 0 Å². The first-order valence-electron chi connectivity index (χ1n) is 13.5. The van der Waals surface area contributed by atoms with Crippen molar-refractivity contribution in [2.75, 3.05) is 11.9 Å². The van der Waals surface area contributed by atoms with Crippen LogP contribution in [0.2, 0.25) is 0 Å². The van der Waals surface area contributed by atoms with E-state index in [1.165, 1.54) is 18.1 Å². The third kappa shape index (κ3) is 6.38. The first kappa shape index (κ1) is 27.9. The van der Waals surface area contributed by atoms with Gasteiger partial charge in [-0.3, -0.25) is 4.79 Å². The zero-order valence-corrected chi connectivity index (χ0v) is 22.9. The minimum absolute atomic E-state index is 0.156. The number of fused-ring (bicyclic) bond motifs is 2. The first-order valence-corrected chi connectivity index (χ1v) is 13.5. The topological polar surface area (TPSA) is 114 Å². The van der Waals surface area contributed by atoms with E-state index in [-0.39, 0.29) is 5.56 Å². The molecule has 2 aromatic carbocycles. The van der Waals surface area contributed by atoms with Gasteiger partial charge < -0.3 is 29.7 Å². The number of aromatic amines is 1. The Balaban J connectivity index is 1.29. The van der Waals surface area contributed by atoms with Crippen LogP contribution in [0.25, 0.3) is 10.9 Å². The lowest BCUT2D eigenvalue weighted by molar-refractivity contribution is -0.133. The summed E-state index contributed by atoms with van der Waals surface area (Å²) >= 11 is 0. The molecule has 0 fully saturated rings. The molecule has 1 aliphatic rings. The smallest absolute Gasteiger partial charge is 0.336 e. The predicted octanol–water partition coefficient (Wildman–Crippen LogP) is 5.18. The number of rotatable bonds is 10. The fourth-order valence-corrected chi connectivity index (χ4v) is 4.82. The minimum Gasteiger partial charge on any atom is -0.418 e. The molecule has 0 bridgehead atoms. The van der Waals surface area contributed by atoms with Crippen LogP contribution in [0, 0.1) is 12.7 Å². The maximum atomic E-state index is 14.4. The molecule has 1 amide bonds. The van der Waals surface area contributed by atoms with Crippen LogP contribution in [0.15, 0.2) is 60.9 Å². The molecule has 1 aliphatic heterocycles. The van der Waals surface area contributed by atoms with Crippen LogP contribution < -0.4 is 20.1 Å². The largest absolute Gasteiger partial charge is 0.418 e. The third-order valence-corrected chi connectivity index (χ3v) is 6.91. The van der Waals surface area contributed by atoms with Gasteiger partial charge in [0.25, 0.3) is 5.91 Å². The van der Waals surface area contributed by atoms with Gasteiger partial charge in [0, 0.05) is 59.9 Å². The lowest BCUT2D eigenvalue weighted by atomic mass is 10.1. The SMILES string of the molecule is CCCCn1ccc(CNCCc2c(C)[nH]c3ccc(NC(=O)c4ccc(F)c5c4OC(=O)/C=C\C(=O)O5)cc23)c1. The van der Waals surface area contributed by atoms with Crippen molar-refractivity contribution in [3.8, 4) is 11.5 Å². The zero-order valence-electron chi connectivity index (χ0n) is 22.9. The van der Waals surface area contributed by atoms with E-state index in [4.69, 9.17) is 9.47 Å². The van der Waals surface area contributed by atoms with Gasteiger partial charge in [0.2, 0.25) is 5.75 Å². The van der Waals surface area contributed by atoms with Crippen LogP contribution in [0.4, 0.5) is 10.1 Å². The molecule has 0 atom stereocenters. The molecule has 3 heterocycles. The molecule has 2 aromatic heterocycles. The molecule has 0 radical (unpaired) electrons. The number of carbonyl (C=O) groups excluding carboxylic acids is 3. The summed E-state index contributed by atoms with van der Waals surface area (Å²) < 4.78 is 26.7. The van der Waals surface area contributed by atoms with Crippen molar-refractivity contribution >= 4 is 34.4 Å². The number of halogens is 1. The van der Waals surface area contributed by atoms with E-state index >= 15 is 0 Å². The molecule has 212 valence electrons. The summed E-state index contributed by atoms with van der Waals surface area (Å²) in [6.45, 7) is 6.78. The first-order chi connectivity index (χ1) is 19.8. The second-order valence-corrected chi connectivity index (χ2v) is 9.91. The molecule has 4 aromatic rings. The van der Waals surface area contributed by atoms with E-state index in [1.807, 2.05) is 19.1 Å². The Morgan fingerprint density at radius 3 is 2.61 bits per heavy atom. The van der Waals surface area contributed by atoms with E-state index in [2.05, 4.69) is 45.6 Å². The van der Waals surface area contributed by atoms with Crippen LogP contribution in [0.5, 0.6) is 11.5 Å². The molecular weight excluding hydrogens is 527 g/mol. The number of anilines is 1. The van der Waals surface area contributed by atoms with Crippen molar-refractivity contribution in [3.63, 3.8) is 0 Å². The number of hydrogen-bond acceptors (Lipinski definition) is 6. The molecule has 3 N–H and O–H groups in total. The van der Waals surface area contributed by atoms with Crippen LogP contribution in [-0.4, -0.2) is 33.9 Å². The van der Waals surface area contributed by atoms with Gasteiger partial charge in [-0.2, -0.15) is 0 Å². The molecule has 0 unspecified atom stereocenters. The fraction of sp³-hybridized carbons (Fsp3) is 0.258. The third-order valence-electron chi connectivity index (χ3n) is 6.91. The van der Waals surface area contributed by atoms with E-state index in [1.54, 1.807) is 6.07 Å². The number of benzene rings is 2. The Morgan fingerprint density at radius 1 is 1.05 bits per heavy atom. The number of aryl methyl sites for hydroxylation is 2. The van der Waals surface area contributed by atoms with Crippen molar-refractivity contribution in [3.05, 3.63) is 89.1 Å². The summed E-state index contributed by atoms with van der Waals surface area (Å²) in [6.07, 6.45) is 9.07. The highest BCUT2D eigenvalue weighted by atomic mass is 19.1. The summed E-state index contributed by atoms with van der Waals surface area (Å²) in [4.78, 5) is 40.5. The van der Waals surface area contributed by atoms with Gasteiger partial charge >= 0.3 is 11.9 Å². The highest BCUT2D eigenvalue weighted by Crippen LogP contribution is 2.36. The number of nitrogens with zero attached hydrogens (tertiary/aromatic N) is 1. The minimum atomic E-state index is -0.958. The summed E-state index contributed by atoms with van der Waals surface area (Å²) in [5, 5.41) is 7.26. The number of unbranched alkanes of at least 4 members (excludes halogenated alkanes) is 1. The number of H-pyrrole nitrogens is 1. The van der Waals surface area contributed by atoms with Crippen molar-refractivity contribution in [1.29, 1.82) is 0 Å². The molecule has 10 heteroatoms. The maximum absolute atomic E-state index is 14.4. The lowest BCUT2D eigenvalue weighted by Gasteiger charge is -2.15. The van der Waals surface area contributed by atoms with E-state index in [0.29, 0.717) is 5.69 Å².